The second kappa shape index (κ2) is 3.78. The molecule has 0 radical (unpaired) electrons. The average Bonchev–Trinajstić information content (AvgIpc) is 2.75. The van der Waals surface area contributed by atoms with E-state index in [0.717, 1.165) is 31.8 Å². The van der Waals surface area contributed by atoms with Gasteiger partial charge in [0.2, 0.25) is 5.91 Å². The molecule has 2 fully saturated rings. The fraction of sp³-hybridized carbons (Fsp3) is 0.917. The molecular formula is C12H22N2O. The van der Waals surface area contributed by atoms with Crippen molar-refractivity contribution in [1.29, 1.82) is 0 Å². The number of carbonyl (C=O) groups excluding carboxylic acids is 1. The van der Waals surface area contributed by atoms with Gasteiger partial charge >= 0.3 is 0 Å². The van der Waals surface area contributed by atoms with Gasteiger partial charge in [-0.05, 0) is 37.5 Å². The summed E-state index contributed by atoms with van der Waals surface area (Å²) >= 11 is 0. The standard InChI is InChI=1S/C12H22N2O/c1-9(2)7-10-3-6-14(8-10)11(15)12(13)4-5-12/h9-10H,3-8,13H2,1-2H3. The number of nitrogens with zero attached hydrogens (tertiary/aromatic N) is 1. The van der Waals surface area contributed by atoms with Crippen LogP contribution in [0.25, 0.3) is 0 Å². The zero-order valence-electron chi connectivity index (χ0n) is 9.83. The van der Waals surface area contributed by atoms with E-state index in [-0.39, 0.29) is 5.91 Å². The third kappa shape index (κ3) is 2.33. The van der Waals surface area contributed by atoms with E-state index in [4.69, 9.17) is 5.73 Å². The Morgan fingerprint density at radius 2 is 2.20 bits per heavy atom. The average molecular weight is 210 g/mol. The Morgan fingerprint density at radius 3 is 2.73 bits per heavy atom. The lowest BCUT2D eigenvalue weighted by Gasteiger charge is -2.20. The van der Waals surface area contributed by atoms with Gasteiger partial charge in [0.25, 0.3) is 0 Å². The van der Waals surface area contributed by atoms with E-state index < -0.39 is 5.54 Å². The van der Waals surface area contributed by atoms with Crippen LogP contribution in [0.15, 0.2) is 0 Å². The van der Waals surface area contributed by atoms with E-state index in [0.29, 0.717) is 5.92 Å². The van der Waals surface area contributed by atoms with Crippen LogP contribution in [0.2, 0.25) is 0 Å². The Kier molecular flexibility index (Phi) is 2.75. The molecule has 2 rings (SSSR count). The van der Waals surface area contributed by atoms with E-state index in [1.54, 1.807) is 0 Å². The minimum atomic E-state index is -0.466. The van der Waals surface area contributed by atoms with Crippen molar-refractivity contribution in [2.45, 2.75) is 45.1 Å². The van der Waals surface area contributed by atoms with Crippen molar-refractivity contribution in [3.63, 3.8) is 0 Å². The number of nitrogens with two attached hydrogens (primary N) is 1. The predicted octanol–water partition coefficient (Wildman–Crippen LogP) is 1.37. The molecule has 0 aromatic heterocycles. The molecule has 2 aliphatic rings. The van der Waals surface area contributed by atoms with Crippen LogP contribution in [0.4, 0.5) is 0 Å². The molecule has 1 aliphatic carbocycles. The number of hydrogen-bond acceptors (Lipinski definition) is 2. The largest absolute Gasteiger partial charge is 0.341 e. The zero-order valence-corrected chi connectivity index (χ0v) is 9.83. The Bertz CT molecular complexity index is 258. The van der Waals surface area contributed by atoms with Crippen molar-refractivity contribution >= 4 is 5.91 Å². The van der Waals surface area contributed by atoms with E-state index in [2.05, 4.69) is 13.8 Å². The summed E-state index contributed by atoms with van der Waals surface area (Å²) in [5.41, 5.74) is 5.46. The molecule has 1 saturated carbocycles. The molecule has 0 bridgehead atoms. The van der Waals surface area contributed by atoms with Gasteiger partial charge in [0.15, 0.2) is 0 Å². The molecule has 1 saturated heterocycles. The molecule has 0 spiro atoms. The first kappa shape index (κ1) is 10.9. The summed E-state index contributed by atoms with van der Waals surface area (Å²) in [5, 5.41) is 0. The molecule has 15 heavy (non-hydrogen) atoms. The fourth-order valence-corrected chi connectivity index (χ4v) is 2.54. The molecule has 1 amide bonds. The molecule has 2 N–H and O–H groups in total. The van der Waals surface area contributed by atoms with Gasteiger partial charge in [-0.1, -0.05) is 13.8 Å². The number of amides is 1. The van der Waals surface area contributed by atoms with E-state index in [9.17, 15) is 4.79 Å². The summed E-state index contributed by atoms with van der Waals surface area (Å²) in [6.45, 7) is 6.36. The Labute approximate surface area is 92.0 Å². The second-order valence-electron chi connectivity index (χ2n) is 5.69. The lowest BCUT2D eigenvalue weighted by Crippen LogP contribution is -2.44. The van der Waals surface area contributed by atoms with Crippen LogP contribution in [0.1, 0.15) is 39.5 Å². The van der Waals surface area contributed by atoms with Crippen molar-refractivity contribution in [3.05, 3.63) is 0 Å². The highest BCUT2D eigenvalue weighted by atomic mass is 16.2. The maximum atomic E-state index is 12.0. The minimum Gasteiger partial charge on any atom is -0.341 e. The quantitative estimate of drug-likeness (QED) is 0.764. The summed E-state index contributed by atoms with van der Waals surface area (Å²) in [4.78, 5) is 13.9. The van der Waals surface area contributed by atoms with Gasteiger partial charge in [-0.25, -0.2) is 0 Å². The SMILES string of the molecule is CC(C)CC1CCN(C(=O)C2(N)CC2)C1. The van der Waals surface area contributed by atoms with E-state index in [1.165, 1.54) is 12.8 Å². The van der Waals surface area contributed by atoms with Crippen molar-refractivity contribution in [1.82, 2.24) is 4.90 Å². The molecule has 0 aromatic carbocycles. The Balaban J connectivity index is 1.84. The minimum absolute atomic E-state index is 0.203. The first-order valence-corrected chi connectivity index (χ1v) is 6.09. The van der Waals surface area contributed by atoms with Gasteiger partial charge in [0.05, 0.1) is 5.54 Å². The number of likely N-dealkylation sites (tertiary alicyclic amines) is 1. The third-order valence-electron chi connectivity index (χ3n) is 3.59. The molecule has 0 aromatic rings. The summed E-state index contributed by atoms with van der Waals surface area (Å²) in [5.74, 6) is 1.64. The third-order valence-corrected chi connectivity index (χ3v) is 3.59. The predicted molar refractivity (Wildman–Crippen MR) is 60.3 cm³/mol. The van der Waals surface area contributed by atoms with Gasteiger partial charge in [-0.2, -0.15) is 0 Å². The van der Waals surface area contributed by atoms with Gasteiger partial charge in [-0.3, -0.25) is 4.79 Å². The Hall–Kier alpha value is -0.570. The first-order chi connectivity index (χ1) is 7.01. The number of carbonyl (C=O) groups is 1. The molecule has 1 atom stereocenters. The summed E-state index contributed by atoms with van der Waals surface area (Å²) < 4.78 is 0. The van der Waals surface area contributed by atoms with Crippen molar-refractivity contribution in [2.24, 2.45) is 17.6 Å². The normalized spacial score (nSPS) is 28.5. The molecule has 86 valence electrons. The van der Waals surface area contributed by atoms with Crippen molar-refractivity contribution < 1.29 is 4.79 Å². The van der Waals surface area contributed by atoms with Crippen LogP contribution in [0.5, 0.6) is 0 Å². The Morgan fingerprint density at radius 1 is 1.53 bits per heavy atom. The molecule has 1 aliphatic heterocycles. The maximum absolute atomic E-state index is 12.0. The number of hydrogen-bond donors (Lipinski definition) is 1. The highest BCUT2D eigenvalue weighted by Crippen LogP contribution is 2.36. The lowest BCUT2D eigenvalue weighted by atomic mass is 9.97. The summed E-state index contributed by atoms with van der Waals surface area (Å²) in [7, 11) is 0. The molecule has 3 nitrogen and oxygen atoms in total. The van der Waals surface area contributed by atoms with Crippen LogP contribution < -0.4 is 5.73 Å². The second-order valence-corrected chi connectivity index (χ2v) is 5.69. The highest BCUT2D eigenvalue weighted by molar-refractivity contribution is 5.89. The maximum Gasteiger partial charge on any atom is 0.242 e. The molecule has 1 heterocycles. The number of rotatable bonds is 3. The van der Waals surface area contributed by atoms with Crippen LogP contribution in [0, 0.1) is 11.8 Å². The van der Waals surface area contributed by atoms with Gasteiger partial charge in [-0.15, -0.1) is 0 Å². The van der Waals surface area contributed by atoms with Crippen LogP contribution in [0.3, 0.4) is 0 Å². The van der Waals surface area contributed by atoms with E-state index >= 15 is 0 Å². The van der Waals surface area contributed by atoms with Crippen LogP contribution >= 0.6 is 0 Å². The lowest BCUT2D eigenvalue weighted by molar-refractivity contribution is -0.132. The molecule has 3 heteroatoms. The summed E-state index contributed by atoms with van der Waals surface area (Å²) in [6.07, 6.45) is 4.18. The highest BCUT2D eigenvalue weighted by Gasteiger charge is 2.49. The summed E-state index contributed by atoms with van der Waals surface area (Å²) in [6, 6.07) is 0. The molecule has 1 unspecified atom stereocenters. The fourth-order valence-electron chi connectivity index (χ4n) is 2.54. The molecular weight excluding hydrogens is 188 g/mol. The van der Waals surface area contributed by atoms with Crippen LogP contribution in [-0.4, -0.2) is 29.4 Å². The first-order valence-electron chi connectivity index (χ1n) is 6.09. The monoisotopic (exact) mass is 210 g/mol. The van der Waals surface area contributed by atoms with Gasteiger partial charge < -0.3 is 10.6 Å². The smallest absolute Gasteiger partial charge is 0.242 e. The van der Waals surface area contributed by atoms with Crippen molar-refractivity contribution in [3.8, 4) is 0 Å². The van der Waals surface area contributed by atoms with Crippen LogP contribution in [-0.2, 0) is 4.79 Å². The van der Waals surface area contributed by atoms with Gasteiger partial charge in [0.1, 0.15) is 0 Å². The zero-order chi connectivity index (χ0) is 11.1. The topological polar surface area (TPSA) is 46.3 Å². The van der Waals surface area contributed by atoms with E-state index in [1.807, 2.05) is 4.90 Å². The van der Waals surface area contributed by atoms with Gasteiger partial charge in [0, 0.05) is 13.1 Å². The van der Waals surface area contributed by atoms with Crippen molar-refractivity contribution in [2.75, 3.05) is 13.1 Å².